The second kappa shape index (κ2) is 7.44. The molecule has 1 amide bonds. The summed E-state index contributed by atoms with van der Waals surface area (Å²) >= 11 is 1.62. The molecule has 0 aromatic heterocycles. The Hall–Kier alpha value is -2.73. The molecule has 2 aromatic carbocycles. The third-order valence-electron chi connectivity index (χ3n) is 3.62. The van der Waals surface area contributed by atoms with Crippen LogP contribution in [0, 0.1) is 6.92 Å². The van der Waals surface area contributed by atoms with Crippen LogP contribution in [0.2, 0.25) is 0 Å². The van der Waals surface area contributed by atoms with Crippen molar-refractivity contribution < 1.29 is 9.53 Å². The maximum atomic E-state index is 12.5. The van der Waals surface area contributed by atoms with Crippen LogP contribution in [-0.2, 0) is 4.74 Å². The lowest BCUT2D eigenvalue weighted by molar-refractivity contribution is 0.0968. The van der Waals surface area contributed by atoms with Crippen molar-refractivity contribution in [3.63, 3.8) is 0 Å². The molecule has 0 spiro atoms. The molecule has 3 rings (SSSR count). The van der Waals surface area contributed by atoms with Crippen molar-refractivity contribution in [1.29, 1.82) is 0 Å². The van der Waals surface area contributed by atoms with Crippen molar-refractivity contribution in [2.45, 2.75) is 18.7 Å². The number of amides is 1. The summed E-state index contributed by atoms with van der Waals surface area (Å²) in [6.07, 6.45) is 0. The third kappa shape index (κ3) is 3.85. The number of benzene rings is 2. The van der Waals surface area contributed by atoms with Crippen molar-refractivity contribution >= 4 is 36.2 Å². The molecular weight excluding hydrogens is 334 g/mol. The van der Waals surface area contributed by atoms with Gasteiger partial charge in [0, 0.05) is 10.1 Å². The molecule has 0 radical (unpaired) electrons. The van der Waals surface area contributed by atoms with E-state index in [9.17, 15) is 4.79 Å². The van der Waals surface area contributed by atoms with Crippen LogP contribution in [0.3, 0.4) is 0 Å². The fourth-order valence-electron chi connectivity index (χ4n) is 2.41. The highest BCUT2D eigenvalue weighted by molar-refractivity contribution is 7.99. The van der Waals surface area contributed by atoms with E-state index < -0.39 is 0 Å². The summed E-state index contributed by atoms with van der Waals surface area (Å²) in [5.74, 6) is 1.10. The van der Waals surface area contributed by atoms with E-state index >= 15 is 0 Å². The van der Waals surface area contributed by atoms with E-state index in [4.69, 9.17) is 4.74 Å². The maximum absolute atomic E-state index is 12.5. The highest BCUT2D eigenvalue weighted by Gasteiger charge is 2.19. The molecule has 128 valence electrons. The second-order valence-corrected chi connectivity index (χ2v) is 6.81. The number of aryl methyl sites for hydroxylation is 1. The summed E-state index contributed by atoms with van der Waals surface area (Å²) in [5.41, 5.74) is 4.50. The molecular formula is C19H19N3O2S. The predicted octanol–water partition coefficient (Wildman–Crippen LogP) is 1.90. The molecule has 25 heavy (non-hydrogen) atoms. The molecule has 1 heterocycles. The molecule has 0 saturated carbocycles. The van der Waals surface area contributed by atoms with Gasteiger partial charge in [-0.2, -0.15) is 0 Å². The van der Waals surface area contributed by atoms with E-state index in [1.54, 1.807) is 17.8 Å². The lowest BCUT2D eigenvalue weighted by atomic mass is 10.2. The zero-order valence-electron chi connectivity index (χ0n) is 14.1. The minimum atomic E-state index is -0.252. The number of carbonyl (C=O) groups excluding carboxylic acids is 1. The molecule has 1 aliphatic rings. The molecule has 0 fully saturated rings. The van der Waals surface area contributed by atoms with Crippen molar-refractivity contribution in [2.75, 3.05) is 5.75 Å². The first-order valence-electron chi connectivity index (χ1n) is 7.93. The van der Waals surface area contributed by atoms with Gasteiger partial charge < -0.3 is 4.74 Å². The average Bonchev–Trinajstić information content (AvgIpc) is 3.06. The van der Waals surface area contributed by atoms with Gasteiger partial charge in [-0.05, 0) is 36.1 Å². The van der Waals surface area contributed by atoms with Crippen molar-refractivity contribution in [1.82, 2.24) is 10.7 Å². The molecule has 1 aliphatic heterocycles. The number of nitrogens with zero attached hydrogens (tertiary/aromatic N) is 1. The van der Waals surface area contributed by atoms with E-state index in [2.05, 4.69) is 22.4 Å². The fourth-order valence-corrected chi connectivity index (χ4v) is 3.22. The first-order chi connectivity index (χ1) is 12.1. The summed E-state index contributed by atoms with van der Waals surface area (Å²) in [6.45, 7) is 8.03. The molecule has 0 unspecified atom stereocenters. The molecule has 0 bridgehead atoms. The Morgan fingerprint density at radius 2 is 2.12 bits per heavy atom. The fraction of sp³-hybridized carbons (Fsp3) is 0.158. The monoisotopic (exact) mass is 353 g/mol. The van der Waals surface area contributed by atoms with Gasteiger partial charge in [0.1, 0.15) is 0 Å². The zero-order chi connectivity index (χ0) is 17.8. The molecule has 0 aliphatic carbocycles. The number of amidine groups is 1. The van der Waals surface area contributed by atoms with Gasteiger partial charge in [-0.25, -0.2) is 5.43 Å². The Morgan fingerprint density at radius 3 is 2.92 bits per heavy atom. The quantitative estimate of drug-likeness (QED) is 0.828. The average molecular weight is 353 g/mol. The Kier molecular flexibility index (Phi) is 5.09. The predicted molar refractivity (Wildman–Crippen MR) is 101 cm³/mol. The number of hydrogen-bond donors (Lipinski definition) is 2. The van der Waals surface area contributed by atoms with Crippen LogP contribution < -0.4 is 21.2 Å². The van der Waals surface area contributed by atoms with Crippen LogP contribution in [0.15, 0.2) is 52.5 Å². The van der Waals surface area contributed by atoms with E-state index in [0.29, 0.717) is 11.4 Å². The smallest absolute Gasteiger partial charge is 0.320 e. The van der Waals surface area contributed by atoms with E-state index in [1.807, 2.05) is 50.2 Å². The van der Waals surface area contributed by atoms with Gasteiger partial charge in [-0.1, -0.05) is 43.3 Å². The van der Waals surface area contributed by atoms with Crippen molar-refractivity contribution in [3.05, 3.63) is 64.0 Å². The van der Waals surface area contributed by atoms with Crippen LogP contribution in [0.4, 0.5) is 0 Å². The molecule has 6 heteroatoms. The van der Waals surface area contributed by atoms with Crippen LogP contribution in [-0.4, -0.2) is 17.7 Å². The van der Waals surface area contributed by atoms with Gasteiger partial charge in [-0.3, -0.25) is 10.1 Å². The molecule has 0 atom stereocenters. The first-order valence-corrected chi connectivity index (χ1v) is 8.91. The minimum Gasteiger partial charge on any atom is -0.405 e. The van der Waals surface area contributed by atoms with Gasteiger partial charge >= 0.3 is 6.02 Å². The molecule has 2 N–H and O–H groups in total. The van der Waals surface area contributed by atoms with Crippen LogP contribution in [0.5, 0.6) is 0 Å². The van der Waals surface area contributed by atoms with Gasteiger partial charge in [-0.15, -0.1) is 16.9 Å². The van der Waals surface area contributed by atoms with Crippen molar-refractivity contribution in [2.24, 2.45) is 5.10 Å². The third-order valence-corrected chi connectivity index (χ3v) is 4.58. The number of ether oxygens (including phenoxy) is 1. The second-order valence-electron chi connectivity index (χ2n) is 5.50. The lowest BCUT2D eigenvalue weighted by Gasteiger charge is -2.08. The van der Waals surface area contributed by atoms with E-state index in [0.717, 1.165) is 26.6 Å². The van der Waals surface area contributed by atoms with Crippen molar-refractivity contribution in [3.8, 4) is 0 Å². The van der Waals surface area contributed by atoms with Gasteiger partial charge in [0.2, 0.25) is 5.88 Å². The Labute approximate surface area is 150 Å². The number of hydrazone groups is 1. The maximum Gasteiger partial charge on any atom is 0.320 e. The minimum absolute atomic E-state index is 0.122. The summed E-state index contributed by atoms with van der Waals surface area (Å²) in [5, 5.41) is 8.38. The Balaban J connectivity index is 1.79. The zero-order valence-corrected chi connectivity index (χ0v) is 14.9. The van der Waals surface area contributed by atoms with Gasteiger partial charge in [0.25, 0.3) is 5.91 Å². The number of hydrogen-bond acceptors (Lipinski definition) is 5. The number of thioether (sulfide) groups is 1. The SMILES string of the molecule is C=c1ccc(C)cc1=C1NN=C(NC(=O)c2ccccc2SCC)O1. The lowest BCUT2D eigenvalue weighted by Crippen LogP contribution is -2.32. The van der Waals surface area contributed by atoms with Crippen LogP contribution in [0.1, 0.15) is 22.8 Å². The summed E-state index contributed by atoms with van der Waals surface area (Å²) < 4.78 is 5.65. The molecule has 0 saturated heterocycles. The van der Waals surface area contributed by atoms with E-state index in [-0.39, 0.29) is 11.9 Å². The molecule has 2 aromatic rings. The molecule has 5 nitrogen and oxygen atoms in total. The largest absolute Gasteiger partial charge is 0.405 e. The standard InChI is InChI=1S/C19H19N3O2S/c1-4-25-16-8-6-5-7-14(16)17(23)20-19-22-21-18(24-19)15-11-12(2)9-10-13(15)3/h5-11,21H,3-4H2,1-2H3,(H,20,22,23). The normalized spacial score (nSPS) is 15.2. The topological polar surface area (TPSA) is 62.7 Å². The van der Waals surface area contributed by atoms with E-state index in [1.165, 1.54) is 0 Å². The summed E-state index contributed by atoms with van der Waals surface area (Å²) in [7, 11) is 0. The number of carbonyl (C=O) groups is 1. The summed E-state index contributed by atoms with van der Waals surface area (Å²) in [4.78, 5) is 13.5. The summed E-state index contributed by atoms with van der Waals surface area (Å²) in [6, 6.07) is 13.4. The number of rotatable bonds is 3. The first kappa shape index (κ1) is 17.1. The Bertz CT molecular complexity index is 953. The van der Waals surface area contributed by atoms with Crippen LogP contribution >= 0.6 is 11.8 Å². The van der Waals surface area contributed by atoms with Gasteiger partial charge in [0.05, 0.1) is 5.56 Å². The highest BCUT2D eigenvalue weighted by Crippen LogP contribution is 2.22. The van der Waals surface area contributed by atoms with Gasteiger partial charge in [0.15, 0.2) is 0 Å². The number of nitrogens with one attached hydrogen (secondary N) is 2. The van der Waals surface area contributed by atoms with Crippen LogP contribution in [0.25, 0.3) is 12.5 Å². The highest BCUT2D eigenvalue weighted by atomic mass is 32.2. The Morgan fingerprint density at radius 1 is 1.32 bits per heavy atom.